The van der Waals surface area contributed by atoms with Gasteiger partial charge in [-0.2, -0.15) is 0 Å². The van der Waals surface area contributed by atoms with Crippen LogP contribution in [0.4, 0.5) is 4.79 Å². The summed E-state index contributed by atoms with van der Waals surface area (Å²) in [5.74, 6) is -1.51. The first-order valence-electron chi connectivity index (χ1n) is 8.08. The number of urea groups is 1. The van der Waals surface area contributed by atoms with Gasteiger partial charge in [-0.15, -0.1) is 0 Å². The Morgan fingerprint density at radius 1 is 1.28 bits per heavy atom. The first-order chi connectivity index (χ1) is 12.0. The van der Waals surface area contributed by atoms with Crippen LogP contribution in [-0.4, -0.2) is 55.0 Å². The number of carbonyl (C=O) groups is 4. The normalized spacial score (nSPS) is 14.7. The predicted molar refractivity (Wildman–Crippen MR) is 85.5 cm³/mol. The molecule has 9 nitrogen and oxygen atoms in total. The molecule has 25 heavy (non-hydrogen) atoms. The van der Waals surface area contributed by atoms with Crippen molar-refractivity contribution < 1.29 is 28.3 Å². The average molecular weight is 351 g/mol. The molecular formula is C16H21N3O6. The number of furan rings is 1. The number of carbonyl (C=O) groups excluding carboxylic acids is 4. The lowest BCUT2D eigenvalue weighted by molar-refractivity contribution is -0.153. The first kappa shape index (κ1) is 18.5. The number of amides is 4. The maximum absolute atomic E-state index is 12.1. The van der Waals surface area contributed by atoms with E-state index in [0.717, 1.165) is 0 Å². The highest BCUT2D eigenvalue weighted by Crippen LogP contribution is 2.20. The molecule has 1 aromatic rings. The van der Waals surface area contributed by atoms with Crippen LogP contribution >= 0.6 is 0 Å². The highest BCUT2D eigenvalue weighted by atomic mass is 16.5. The highest BCUT2D eigenvalue weighted by Gasteiger charge is 2.30. The smallest absolute Gasteiger partial charge is 0.321 e. The minimum absolute atomic E-state index is 0.210. The predicted octanol–water partition coefficient (Wildman–Crippen LogP) is 0.521. The Balaban J connectivity index is 1.71. The second-order valence-corrected chi connectivity index (χ2v) is 5.56. The van der Waals surface area contributed by atoms with Gasteiger partial charge in [0, 0.05) is 19.6 Å². The van der Waals surface area contributed by atoms with Gasteiger partial charge in [-0.25, -0.2) is 4.79 Å². The standard InChI is InChI=1S/C16H21N3O6/c1-2-17-16(23)18-13(20)10-25-15(22)11-5-7-19(8-6-11)14(21)12-4-3-9-24-12/h3-4,9,11H,2,5-8,10H2,1H3,(H2,17,18,20,23). The third-order valence-electron chi connectivity index (χ3n) is 3.78. The number of piperidine rings is 1. The number of esters is 1. The van der Waals surface area contributed by atoms with Crippen molar-refractivity contribution in [3.05, 3.63) is 24.2 Å². The van der Waals surface area contributed by atoms with E-state index in [0.29, 0.717) is 32.5 Å². The summed E-state index contributed by atoms with van der Waals surface area (Å²) in [6.45, 7) is 2.40. The largest absolute Gasteiger partial charge is 0.459 e. The van der Waals surface area contributed by atoms with E-state index in [1.807, 2.05) is 5.32 Å². The van der Waals surface area contributed by atoms with Crippen LogP contribution < -0.4 is 10.6 Å². The molecule has 1 aromatic heterocycles. The van der Waals surface area contributed by atoms with Crippen LogP contribution in [0, 0.1) is 5.92 Å². The van der Waals surface area contributed by atoms with Crippen molar-refractivity contribution in [1.29, 1.82) is 0 Å². The summed E-state index contributed by atoms with van der Waals surface area (Å²) < 4.78 is 10.0. The second-order valence-electron chi connectivity index (χ2n) is 5.56. The molecule has 2 N–H and O–H groups in total. The first-order valence-corrected chi connectivity index (χ1v) is 8.08. The number of hydrogen-bond donors (Lipinski definition) is 2. The van der Waals surface area contributed by atoms with Gasteiger partial charge < -0.3 is 19.4 Å². The van der Waals surface area contributed by atoms with Crippen molar-refractivity contribution in [3.8, 4) is 0 Å². The van der Waals surface area contributed by atoms with E-state index in [2.05, 4.69) is 5.32 Å². The van der Waals surface area contributed by atoms with Gasteiger partial charge in [0.25, 0.3) is 11.8 Å². The van der Waals surface area contributed by atoms with E-state index in [-0.39, 0.29) is 17.6 Å². The number of nitrogens with zero attached hydrogens (tertiary/aromatic N) is 1. The number of imide groups is 1. The van der Waals surface area contributed by atoms with E-state index < -0.39 is 24.5 Å². The van der Waals surface area contributed by atoms with Crippen LogP contribution in [0.25, 0.3) is 0 Å². The Hall–Kier alpha value is -2.84. The molecule has 136 valence electrons. The quantitative estimate of drug-likeness (QED) is 0.747. The van der Waals surface area contributed by atoms with Gasteiger partial charge in [-0.3, -0.25) is 19.7 Å². The van der Waals surface area contributed by atoms with Crippen molar-refractivity contribution in [2.75, 3.05) is 26.2 Å². The number of nitrogens with one attached hydrogen (secondary N) is 2. The van der Waals surface area contributed by atoms with E-state index in [1.165, 1.54) is 6.26 Å². The third kappa shape index (κ3) is 5.33. The van der Waals surface area contributed by atoms with E-state index in [1.54, 1.807) is 24.0 Å². The van der Waals surface area contributed by atoms with Gasteiger partial charge in [0.05, 0.1) is 12.2 Å². The summed E-state index contributed by atoms with van der Waals surface area (Å²) in [6.07, 6.45) is 2.33. The van der Waals surface area contributed by atoms with Crippen LogP contribution in [0.15, 0.2) is 22.8 Å². The molecule has 0 aromatic carbocycles. The lowest BCUT2D eigenvalue weighted by Gasteiger charge is -2.30. The zero-order valence-corrected chi connectivity index (χ0v) is 13.9. The summed E-state index contributed by atoms with van der Waals surface area (Å²) in [4.78, 5) is 48.4. The molecule has 4 amide bonds. The van der Waals surface area contributed by atoms with Gasteiger partial charge in [-0.05, 0) is 31.9 Å². The fourth-order valence-corrected chi connectivity index (χ4v) is 2.50. The molecule has 1 saturated heterocycles. The van der Waals surface area contributed by atoms with E-state index >= 15 is 0 Å². The fraction of sp³-hybridized carbons (Fsp3) is 0.500. The second kappa shape index (κ2) is 8.86. The number of ether oxygens (including phenoxy) is 1. The lowest BCUT2D eigenvalue weighted by Crippen LogP contribution is -2.43. The molecule has 0 bridgehead atoms. The van der Waals surface area contributed by atoms with Crippen molar-refractivity contribution in [1.82, 2.24) is 15.5 Å². The molecule has 0 saturated carbocycles. The molecule has 0 unspecified atom stereocenters. The average Bonchev–Trinajstić information content (AvgIpc) is 3.14. The number of hydrogen-bond acceptors (Lipinski definition) is 6. The SMILES string of the molecule is CCNC(=O)NC(=O)COC(=O)C1CCN(C(=O)c2ccco2)CC1. The van der Waals surface area contributed by atoms with Gasteiger partial charge in [0.1, 0.15) is 0 Å². The molecule has 2 heterocycles. The molecule has 1 aliphatic heterocycles. The number of rotatable bonds is 5. The Morgan fingerprint density at radius 3 is 2.60 bits per heavy atom. The topological polar surface area (TPSA) is 118 Å². The summed E-state index contributed by atoms with van der Waals surface area (Å²) >= 11 is 0. The van der Waals surface area contributed by atoms with Crippen LogP contribution in [-0.2, 0) is 14.3 Å². The van der Waals surface area contributed by atoms with Crippen molar-refractivity contribution in [2.45, 2.75) is 19.8 Å². The molecule has 2 rings (SSSR count). The summed E-state index contributed by atoms with van der Waals surface area (Å²) in [5, 5.41) is 4.45. The van der Waals surface area contributed by atoms with Gasteiger partial charge in [0.15, 0.2) is 12.4 Å². The van der Waals surface area contributed by atoms with Crippen LogP contribution in [0.3, 0.4) is 0 Å². The maximum Gasteiger partial charge on any atom is 0.321 e. The Morgan fingerprint density at radius 2 is 2.00 bits per heavy atom. The van der Waals surface area contributed by atoms with E-state index in [4.69, 9.17) is 9.15 Å². The van der Waals surface area contributed by atoms with Crippen LogP contribution in [0.5, 0.6) is 0 Å². The summed E-state index contributed by atoms with van der Waals surface area (Å²) in [7, 11) is 0. The zero-order valence-electron chi connectivity index (χ0n) is 13.9. The molecule has 0 atom stereocenters. The Kier molecular flexibility index (Phi) is 6.55. The Bertz CT molecular complexity index is 620. The van der Waals surface area contributed by atoms with Gasteiger partial charge in [0.2, 0.25) is 0 Å². The third-order valence-corrected chi connectivity index (χ3v) is 3.78. The molecule has 0 spiro atoms. The van der Waals surface area contributed by atoms with Crippen molar-refractivity contribution in [3.63, 3.8) is 0 Å². The molecule has 0 aliphatic carbocycles. The zero-order chi connectivity index (χ0) is 18.2. The number of likely N-dealkylation sites (tertiary alicyclic amines) is 1. The maximum atomic E-state index is 12.1. The monoisotopic (exact) mass is 351 g/mol. The highest BCUT2D eigenvalue weighted by molar-refractivity contribution is 5.95. The minimum atomic E-state index is -0.690. The molecule has 0 radical (unpaired) electrons. The Labute approximate surface area is 144 Å². The van der Waals surface area contributed by atoms with Crippen molar-refractivity contribution in [2.24, 2.45) is 5.92 Å². The minimum Gasteiger partial charge on any atom is -0.459 e. The lowest BCUT2D eigenvalue weighted by atomic mass is 9.97. The molecule has 1 fully saturated rings. The molecule has 1 aliphatic rings. The summed E-state index contributed by atoms with van der Waals surface area (Å²) in [6, 6.07) is 2.60. The molecule has 9 heteroatoms. The van der Waals surface area contributed by atoms with E-state index in [9.17, 15) is 19.2 Å². The van der Waals surface area contributed by atoms with Crippen LogP contribution in [0.2, 0.25) is 0 Å². The van der Waals surface area contributed by atoms with Crippen molar-refractivity contribution >= 4 is 23.8 Å². The molecular weight excluding hydrogens is 330 g/mol. The summed E-state index contributed by atoms with van der Waals surface area (Å²) in [5.41, 5.74) is 0. The van der Waals surface area contributed by atoms with Crippen LogP contribution in [0.1, 0.15) is 30.3 Å². The van der Waals surface area contributed by atoms with Gasteiger partial charge >= 0.3 is 12.0 Å². The fourth-order valence-electron chi connectivity index (χ4n) is 2.50. The van der Waals surface area contributed by atoms with Gasteiger partial charge in [-0.1, -0.05) is 0 Å².